The molecule has 0 radical (unpaired) electrons. The first-order valence-corrected chi connectivity index (χ1v) is 5.63. The van der Waals surface area contributed by atoms with E-state index in [1.165, 1.54) is 0 Å². The summed E-state index contributed by atoms with van der Waals surface area (Å²) in [5.41, 5.74) is 0.557. The van der Waals surface area contributed by atoms with E-state index in [9.17, 15) is 4.39 Å². The molecule has 4 nitrogen and oxygen atoms in total. The topological polar surface area (TPSA) is 43.4 Å². The number of nitrogens with one attached hydrogen (secondary N) is 1. The van der Waals surface area contributed by atoms with E-state index in [2.05, 4.69) is 10.3 Å². The molecule has 1 N–H and O–H groups in total. The quantitative estimate of drug-likeness (QED) is 0.740. The predicted octanol–water partition coefficient (Wildman–Crippen LogP) is 1.74. The molecule has 1 aromatic rings. The van der Waals surface area contributed by atoms with E-state index in [1.54, 1.807) is 19.4 Å². The first kappa shape index (κ1) is 13.9. The van der Waals surface area contributed by atoms with Gasteiger partial charge in [-0.2, -0.15) is 0 Å². The van der Waals surface area contributed by atoms with Crippen molar-refractivity contribution < 1.29 is 13.9 Å². The number of ether oxygens (including phenoxy) is 2. The van der Waals surface area contributed by atoms with Gasteiger partial charge >= 0.3 is 0 Å². The summed E-state index contributed by atoms with van der Waals surface area (Å²) >= 11 is 0. The van der Waals surface area contributed by atoms with Gasteiger partial charge in [0.05, 0.1) is 6.61 Å². The van der Waals surface area contributed by atoms with Gasteiger partial charge in [0, 0.05) is 31.5 Å². The van der Waals surface area contributed by atoms with Crippen molar-refractivity contribution in [2.45, 2.75) is 26.4 Å². The molecule has 0 aliphatic heterocycles. The average Bonchev–Trinajstić information content (AvgIpc) is 2.30. The van der Waals surface area contributed by atoms with Gasteiger partial charge in [-0.3, -0.25) is 0 Å². The molecule has 0 aliphatic carbocycles. The second-order valence-corrected chi connectivity index (χ2v) is 3.97. The van der Waals surface area contributed by atoms with Crippen LogP contribution < -0.4 is 10.1 Å². The summed E-state index contributed by atoms with van der Waals surface area (Å²) in [5.74, 6) is -0.373. The van der Waals surface area contributed by atoms with Crippen molar-refractivity contribution in [2.24, 2.45) is 0 Å². The van der Waals surface area contributed by atoms with Gasteiger partial charge < -0.3 is 14.8 Å². The minimum absolute atomic E-state index is 0.0325. The molecule has 1 heterocycles. The molecule has 0 atom stereocenters. The maximum Gasteiger partial charge on any atom is 0.250 e. The summed E-state index contributed by atoms with van der Waals surface area (Å²) in [4.78, 5) is 3.86. The predicted molar refractivity (Wildman–Crippen MR) is 63.5 cm³/mol. The molecule has 0 saturated heterocycles. The molecule has 96 valence electrons. The summed E-state index contributed by atoms with van der Waals surface area (Å²) in [6, 6.07) is 1.95. The third kappa shape index (κ3) is 4.66. The van der Waals surface area contributed by atoms with Crippen molar-refractivity contribution in [2.75, 3.05) is 20.3 Å². The Labute approximate surface area is 101 Å². The van der Waals surface area contributed by atoms with E-state index in [1.807, 2.05) is 13.8 Å². The van der Waals surface area contributed by atoms with Crippen LogP contribution in [0.25, 0.3) is 0 Å². The lowest BCUT2D eigenvalue weighted by Crippen LogP contribution is -2.22. The monoisotopic (exact) mass is 242 g/mol. The highest BCUT2D eigenvalue weighted by Crippen LogP contribution is 2.17. The zero-order valence-electron chi connectivity index (χ0n) is 10.5. The zero-order valence-corrected chi connectivity index (χ0v) is 10.5. The van der Waals surface area contributed by atoms with Gasteiger partial charge in [-0.15, -0.1) is 0 Å². The zero-order chi connectivity index (χ0) is 12.7. The van der Waals surface area contributed by atoms with Crippen LogP contribution in [0.15, 0.2) is 12.3 Å². The number of hydrogen-bond donors (Lipinski definition) is 1. The van der Waals surface area contributed by atoms with Crippen LogP contribution in [0.5, 0.6) is 5.88 Å². The molecule has 0 fully saturated rings. The smallest absolute Gasteiger partial charge is 0.250 e. The Morgan fingerprint density at radius 1 is 1.41 bits per heavy atom. The Balaban J connectivity index is 2.63. The molecule has 1 rings (SSSR count). The van der Waals surface area contributed by atoms with E-state index < -0.39 is 5.82 Å². The van der Waals surface area contributed by atoms with Gasteiger partial charge in [0.25, 0.3) is 5.88 Å². The first-order chi connectivity index (χ1) is 8.15. The minimum Gasteiger partial charge on any atom is -0.473 e. The van der Waals surface area contributed by atoms with E-state index in [-0.39, 0.29) is 5.88 Å². The van der Waals surface area contributed by atoms with E-state index in [0.29, 0.717) is 31.4 Å². The van der Waals surface area contributed by atoms with Crippen molar-refractivity contribution in [3.63, 3.8) is 0 Å². The molecule has 0 bridgehead atoms. The van der Waals surface area contributed by atoms with Crippen LogP contribution in [0, 0.1) is 5.82 Å². The highest BCUT2D eigenvalue weighted by Gasteiger charge is 2.10. The number of rotatable bonds is 7. The fraction of sp³-hybridized carbons (Fsp3) is 0.583. The summed E-state index contributed by atoms with van der Waals surface area (Å²) < 4.78 is 23.9. The lowest BCUT2D eigenvalue weighted by Gasteiger charge is -2.11. The van der Waals surface area contributed by atoms with Crippen LogP contribution in [0.2, 0.25) is 0 Å². The number of pyridine rings is 1. The maximum atomic E-state index is 13.9. The molecule has 0 amide bonds. The summed E-state index contributed by atoms with van der Waals surface area (Å²) in [6.07, 6.45) is 1.54. The molecule has 17 heavy (non-hydrogen) atoms. The van der Waals surface area contributed by atoms with Crippen molar-refractivity contribution in [3.05, 3.63) is 23.6 Å². The third-order valence-corrected chi connectivity index (χ3v) is 2.16. The van der Waals surface area contributed by atoms with Crippen LogP contribution in [-0.2, 0) is 11.3 Å². The Morgan fingerprint density at radius 3 is 2.82 bits per heavy atom. The van der Waals surface area contributed by atoms with E-state index >= 15 is 0 Å². The van der Waals surface area contributed by atoms with E-state index in [4.69, 9.17) is 9.47 Å². The highest BCUT2D eigenvalue weighted by molar-refractivity contribution is 5.23. The normalized spacial score (nSPS) is 10.9. The molecule has 0 aromatic carbocycles. The Bertz CT molecular complexity index is 345. The number of hydrogen-bond acceptors (Lipinski definition) is 4. The largest absolute Gasteiger partial charge is 0.473 e. The number of nitrogens with zero attached hydrogens (tertiary/aromatic N) is 1. The van der Waals surface area contributed by atoms with Crippen LogP contribution in [-0.4, -0.2) is 31.3 Å². The van der Waals surface area contributed by atoms with Crippen molar-refractivity contribution in [1.29, 1.82) is 0 Å². The van der Waals surface area contributed by atoms with E-state index in [0.717, 1.165) is 0 Å². The van der Waals surface area contributed by atoms with Crippen molar-refractivity contribution in [3.8, 4) is 5.88 Å². The number of halogens is 1. The molecule has 1 aromatic heterocycles. The molecule has 0 saturated carbocycles. The van der Waals surface area contributed by atoms with Gasteiger partial charge in [0.1, 0.15) is 6.61 Å². The maximum absolute atomic E-state index is 13.9. The van der Waals surface area contributed by atoms with Crippen LogP contribution in [0.4, 0.5) is 4.39 Å². The standard InChI is InChI=1S/C12H19FN2O2/c1-9(2)15-8-10-4-5-14-12(11(10)13)17-7-6-16-3/h4-5,9,15H,6-8H2,1-3H3. The SMILES string of the molecule is COCCOc1nccc(CNC(C)C)c1F. The summed E-state index contributed by atoms with van der Waals surface area (Å²) in [6.45, 7) is 5.19. The van der Waals surface area contributed by atoms with Gasteiger partial charge in [0.2, 0.25) is 0 Å². The van der Waals surface area contributed by atoms with Gasteiger partial charge in [0.15, 0.2) is 5.82 Å². The summed E-state index contributed by atoms with van der Waals surface area (Å²) in [5, 5.41) is 3.15. The van der Waals surface area contributed by atoms with Crippen molar-refractivity contribution >= 4 is 0 Å². The molecule has 0 spiro atoms. The fourth-order valence-electron chi connectivity index (χ4n) is 1.24. The third-order valence-electron chi connectivity index (χ3n) is 2.16. The van der Waals surface area contributed by atoms with Crippen molar-refractivity contribution in [1.82, 2.24) is 10.3 Å². The lowest BCUT2D eigenvalue weighted by molar-refractivity contribution is 0.140. The summed E-state index contributed by atoms with van der Waals surface area (Å²) in [7, 11) is 1.57. The second kappa shape index (κ2) is 7.19. The van der Waals surface area contributed by atoms with Crippen LogP contribution in [0.1, 0.15) is 19.4 Å². The molecule has 0 unspecified atom stereocenters. The molecule has 5 heteroatoms. The number of aromatic nitrogens is 1. The van der Waals surface area contributed by atoms with Gasteiger partial charge in [-0.05, 0) is 6.07 Å². The van der Waals surface area contributed by atoms with Crippen LogP contribution in [0.3, 0.4) is 0 Å². The average molecular weight is 242 g/mol. The Morgan fingerprint density at radius 2 is 2.18 bits per heavy atom. The number of methoxy groups -OCH3 is 1. The Kier molecular flexibility index (Phi) is 5.86. The second-order valence-electron chi connectivity index (χ2n) is 3.97. The molecule has 0 aliphatic rings. The van der Waals surface area contributed by atoms with Gasteiger partial charge in [-0.25, -0.2) is 9.37 Å². The molecular weight excluding hydrogens is 223 g/mol. The van der Waals surface area contributed by atoms with Gasteiger partial charge in [-0.1, -0.05) is 13.8 Å². The van der Waals surface area contributed by atoms with Crippen LogP contribution >= 0.6 is 0 Å². The Hall–Kier alpha value is -1.20. The lowest BCUT2D eigenvalue weighted by atomic mass is 10.2. The minimum atomic E-state index is -0.406. The fourth-order valence-corrected chi connectivity index (χ4v) is 1.24. The highest BCUT2D eigenvalue weighted by atomic mass is 19.1. The first-order valence-electron chi connectivity index (χ1n) is 5.63. The molecular formula is C12H19FN2O2.